The Bertz CT molecular complexity index is 2200. The van der Waals surface area contributed by atoms with Crippen molar-refractivity contribution in [2.75, 3.05) is 73.4 Å². The van der Waals surface area contributed by atoms with E-state index >= 15 is 4.39 Å². The molecule has 14 nitrogen and oxygen atoms in total. The van der Waals surface area contributed by atoms with E-state index in [0.717, 1.165) is 76.1 Å². The van der Waals surface area contributed by atoms with Gasteiger partial charge in [-0.2, -0.15) is 13.8 Å². The van der Waals surface area contributed by atoms with E-state index in [0.29, 0.717) is 41.1 Å². The highest BCUT2D eigenvalue weighted by Crippen LogP contribution is 2.51. The van der Waals surface area contributed by atoms with Crippen molar-refractivity contribution in [1.29, 1.82) is 0 Å². The van der Waals surface area contributed by atoms with Crippen molar-refractivity contribution in [1.82, 2.24) is 20.2 Å². The normalized spacial score (nSPS) is 25.0. The van der Waals surface area contributed by atoms with Crippen LogP contribution in [0, 0.1) is 16.6 Å². The molecule has 3 aromatic rings. The minimum Gasteiger partial charge on any atom is -0.495 e. The molecular weight excluding hydrogens is 806 g/mol. The maximum Gasteiger partial charge on any atom is 0.342 e. The van der Waals surface area contributed by atoms with E-state index in [2.05, 4.69) is 37.3 Å². The summed E-state index contributed by atoms with van der Waals surface area (Å²) in [7, 11) is 2.75. The maximum atomic E-state index is 15.4. The lowest BCUT2D eigenvalue weighted by Gasteiger charge is -2.51. The third-order valence-corrected chi connectivity index (χ3v) is 13.9. The third-order valence-electron chi connectivity index (χ3n) is 13.9. The van der Waals surface area contributed by atoms with E-state index in [1.807, 2.05) is 12.1 Å². The van der Waals surface area contributed by atoms with Crippen LogP contribution in [0.5, 0.6) is 5.75 Å². The molecule has 334 valence electrons. The Balaban J connectivity index is 0.799. The van der Waals surface area contributed by atoms with Crippen molar-refractivity contribution in [3.63, 3.8) is 0 Å². The second-order valence-electron chi connectivity index (χ2n) is 18.6. The predicted octanol–water partition coefficient (Wildman–Crippen LogP) is 6.21. The molecule has 3 N–H and O–H groups in total. The number of carbonyl (C=O) groups is 3. The van der Waals surface area contributed by atoms with Crippen LogP contribution in [0.15, 0.2) is 42.6 Å². The van der Waals surface area contributed by atoms with E-state index in [9.17, 15) is 28.3 Å². The molecule has 62 heavy (non-hydrogen) atoms. The fraction of sp³-hybridized carbons (Fsp3) is 0.578. The second kappa shape index (κ2) is 16.8. The Morgan fingerprint density at radius 2 is 1.81 bits per heavy atom. The van der Waals surface area contributed by atoms with Gasteiger partial charge in [0, 0.05) is 38.5 Å². The van der Waals surface area contributed by atoms with Crippen LogP contribution in [0.3, 0.4) is 0 Å². The number of rotatable bonds is 11. The van der Waals surface area contributed by atoms with Crippen LogP contribution in [-0.4, -0.2) is 115 Å². The van der Waals surface area contributed by atoms with Gasteiger partial charge in [-0.25, -0.2) is 14.2 Å². The third kappa shape index (κ3) is 8.74. The summed E-state index contributed by atoms with van der Waals surface area (Å²) in [5, 5.41) is 15.9. The smallest absolute Gasteiger partial charge is 0.342 e. The van der Waals surface area contributed by atoms with Gasteiger partial charge in [-0.05, 0) is 125 Å². The number of nitrogens with zero attached hydrogens (tertiary/aromatic N) is 6. The van der Waals surface area contributed by atoms with Crippen LogP contribution in [0.1, 0.15) is 94.0 Å². The molecule has 3 atom stereocenters. The van der Waals surface area contributed by atoms with Crippen LogP contribution in [0.25, 0.3) is 0 Å². The zero-order valence-corrected chi connectivity index (χ0v) is 36.1. The monoisotopic (exact) mass is 862 g/mol. The topological polar surface area (TPSA) is 153 Å². The van der Waals surface area contributed by atoms with Gasteiger partial charge in [0.1, 0.15) is 29.6 Å². The number of amides is 2. The number of benzene rings is 2. The number of aromatic nitrogens is 2. The van der Waals surface area contributed by atoms with E-state index in [4.69, 9.17) is 9.47 Å². The molecule has 0 bridgehead atoms. The van der Waals surface area contributed by atoms with Crippen LogP contribution >= 0.6 is 0 Å². The summed E-state index contributed by atoms with van der Waals surface area (Å²) >= 11 is 0. The molecule has 3 saturated heterocycles. The van der Waals surface area contributed by atoms with E-state index in [1.165, 1.54) is 31.3 Å². The van der Waals surface area contributed by atoms with Gasteiger partial charge < -0.3 is 44.8 Å². The Morgan fingerprint density at radius 1 is 1.05 bits per heavy atom. The predicted molar refractivity (Wildman–Crippen MR) is 228 cm³/mol. The molecular formula is C45H57F3N8O6. The van der Waals surface area contributed by atoms with E-state index in [-0.39, 0.29) is 58.1 Å². The number of ether oxygens (including phenoxy) is 2. The number of anilines is 5. The molecule has 8 rings (SSSR count). The molecule has 5 heterocycles. The van der Waals surface area contributed by atoms with Crippen molar-refractivity contribution < 1.29 is 42.1 Å². The van der Waals surface area contributed by atoms with Crippen molar-refractivity contribution in [3.05, 3.63) is 59.5 Å². The standard InChI is InChI=1S/C45H57F3N8O6/c1-27(2)56-26-45(47,48)41(60)53(4)35-24-49-42(52-38(35)56)50-33-9-6-29(21-36(33)61-5)40(59)62-30-22-44(23-30)14-17-54(18-15-44)16-12-43(3)13-19-55(25-43)34-10-7-28(20-32(34)46)31-8-11-37(57)51-39(31)58/h6-7,9-10,20-21,24,27,30-31,39,58H,8,11-19,22-23,25-26H2,1-5H3,(H,51,57)(H,49,50,52). The van der Waals surface area contributed by atoms with E-state index in [1.54, 1.807) is 32.0 Å². The minimum atomic E-state index is -3.61. The highest BCUT2D eigenvalue weighted by molar-refractivity contribution is 6.02. The lowest BCUT2D eigenvalue weighted by molar-refractivity contribution is -0.140. The molecule has 0 radical (unpaired) electrons. The van der Waals surface area contributed by atoms with Crippen LogP contribution < -0.4 is 30.1 Å². The summed E-state index contributed by atoms with van der Waals surface area (Å²) in [4.78, 5) is 53.1. The number of aliphatic hydroxyl groups excluding tert-OH is 1. The molecule has 1 aromatic heterocycles. The number of hydrogen-bond donors (Lipinski definition) is 3. The lowest BCUT2D eigenvalue weighted by Crippen LogP contribution is -2.50. The second-order valence-corrected chi connectivity index (χ2v) is 18.6. The molecule has 4 fully saturated rings. The molecule has 3 unspecified atom stereocenters. The number of methoxy groups -OCH3 is 1. The zero-order chi connectivity index (χ0) is 44.1. The quantitative estimate of drug-likeness (QED) is 0.188. The molecule has 1 spiro atoms. The summed E-state index contributed by atoms with van der Waals surface area (Å²) in [6.07, 6.45) is 6.69. The number of piperidine rings is 2. The van der Waals surface area contributed by atoms with Crippen molar-refractivity contribution >= 4 is 46.6 Å². The number of halogens is 3. The van der Waals surface area contributed by atoms with Gasteiger partial charge in [0.15, 0.2) is 5.82 Å². The first kappa shape index (κ1) is 43.5. The number of nitrogens with one attached hydrogen (secondary N) is 2. The number of hydrogen-bond acceptors (Lipinski definition) is 12. The summed E-state index contributed by atoms with van der Waals surface area (Å²) in [6, 6.07) is 9.68. The van der Waals surface area contributed by atoms with Gasteiger partial charge >= 0.3 is 11.9 Å². The van der Waals surface area contributed by atoms with Gasteiger partial charge in [0.2, 0.25) is 11.9 Å². The Morgan fingerprint density at radius 3 is 2.50 bits per heavy atom. The van der Waals surface area contributed by atoms with Gasteiger partial charge in [-0.1, -0.05) is 13.0 Å². The molecule has 5 aliphatic rings. The highest BCUT2D eigenvalue weighted by Gasteiger charge is 2.49. The molecule has 2 aromatic carbocycles. The van der Waals surface area contributed by atoms with Crippen molar-refractivity contribution in [2.45, 2.75) is 102 Å². The number of alkyl halides is 2. The Labute approximate surface area is 360 Å². The first-order chi connectivity index (χ1) is 29.4. The average Bonchev–Trinajstić information content (AvgIpc) is 3.59. The van der Waals surface area contributed by atoms with Crippen LogP contribution in [0.2, 0.25) is 0 Å². The van der Waals surface area contributed by atoms with Gasteiger partial charge in [0.25, 0.3) is 5.91 Å². The first-order valence-corrected chi connectivity index (χ1v) is 21.7. The largest absolute Gasteiger partial charge is 0.495 e. The number of fused-ring (bicyclic) bond motifs is 1. The number of likely N-dealkylation sites (tertiary alicyclic amines) is 1. The van der Waals surface area contributed by atoms with Gasteiger partial charge in [-0.15, -0.1) is 0 Å². The van der Waals surface area contributed by atoms with E-state index < -0.39 is 30.6 Å². The summed E-state index contributed by atoms with van der Waals surface area (Å²) in [5.74, 6) is -5.55. The fourth-order valence-corrected chi connectivity index (χ4v) is 9.93. The molecule has 1 aliphatic carbocycles. The Kier molecular flexibility index (Phi) is 11.8. The number of aliphatic hydroxyl groups is 1. The molecule has 1 saturated carbocycles. The minimum absolute atomic E-state index is 0.0588. The molecule has 17 heteroatoms. The summed E-state index contributed by atoms with van der Waals surface area (Å²) in [6.45, 7) is 9.47. The molecule has 2 amide bonds. The van der Waals surface area contributed by atoms with Gasteiger partial charge in [0.05, 0.1) is 36.8 Å². The zero-order valence-electron chi connectivity index (χ0n) is 36.1. The maximum absolute atomic E-state index is 15.4. The van der Waals surface area contributed by atoms with Gasteiger partial charge in [-0.3, -0.25) is 9.59 Å². The number of esters is 1. The lowest BCUT2D eigenvalue weighted by atomic mass is 9.61. The highest BCUT2D eigenvalue weighted by atomic mass is 19.3. The van der Waals surface area contributed by atoms with Crippen LogP contribution in [-0.2, 0) is 14.3 Å². The molecule has 4 aliphatic heterocycles. The Hall–Kier alpha value is -5.16. The summed E-state index contributed by atoms with van der Waals surface area (Å²) in [5.41, 5.74) is 2.45. The van der Waals surface area contributed by atoms with Crippen LogP contribution in [0.4, 0.5) is 42.0 Å². The number of carbonyl (C=O) groups excluding carboxylic acids is 3. The van der Waals surface area contributed by atoms with Crippen molar-refractivity contribution in [3.8, 4) is 5.75 Å². The SMILES string of the molecule is COc1cc(C(=O)OC2CC3(CCN(CCC4(C)CCN(c5ccc(C6CCC(=O)NC6O)cc5F)C4)CC3)C2)ccc1Nc1ncc2c(n1)N(C(C)C)CC(F)(F)C(=O)N2C. The van der Waals surface area contributed by atoms with Crippen molar-refractivity contribution in [2.24, 2.45) is 10.8 Å². The average molecular weight is 863 g/mol. The first-order valence-electron chi connectivity index (χ1n) is 21.7. The summed E-state index contributed by atoms with van der Waals surface area (Å²) < 4.78 is 56.5. The fourth-order valence-electron chi connectivity index (χ4n) is 9.93.